The van der Waals surface area contributed by atoms with E-state index in [9.17, 15) is 18.0 Å². The lowest BCUT2D eigenvalue weighted by Gasteiger charge is -2.32. The number of halogens is 3. The van der Waals surface area contributed by atoms with Crippen molar-refractivity contribution in [2.45, 2.75) is 24.9 Å². The highest BCUT2D eigenvalue weighted by atomic mass is 19.4. The molecule has 33 heavy (non-hydrogen) atoms. The molecule has 1 aliphatic heterocycles. The molecule has 5 rings (SSSR count). The van der Waals surface area contributed by atoms with E-state index in [0.717, 1.165) is 41.6 Å². The Morgan fingerprint density at radius 2 is 1.88 bits per heavy atom. The topological polar surface area (TPSA) is 49.0 Å². The van der Waals surface area contributed by atoms with Crippen molar-refractivity contribution in [2.24, 2.45) is 0 Å². The van der Waals surface area contributed by atoms with Crippen LogP contribution >= 0.6 is 0 Å². The van der Waals surface area contributed by atoms with Crippen LogP contribution in [0, 0.1) is 0 Å². The van der Waals surface area contributed by atoms with Crippen LogP contribution in [0.4, 0.5) is 13.2 Å². The standard InChI is InChI=1S/C26H22F3N3O/c27-26(28,29)21-6-1-4-17(15-21)23-7-2-8-24(31-23)20-5-3-13-32(16-20)25(33)19-9-10-22-18(14-19)11-12-30-22/h1-2,4,6-12,14-15,20,30H,3,5,13,16H2. The fourth-order valence-corrected chi connectivity index (χ4v) is 4.47. The van der Waals surface area contributed by atoms with Crippen molar-refractivity contribution < 1.29 is 18.0 Å². The van der Waals surface area contributed by atoms with E-state index in [0.29, 0.717) is 29.9 Å². The monoisotopic (exact) mass is 449 g/mol. The van der Waals surface area contributed by atoms with Gasteiger partial charge in [-0.25, -0.2) is 0 Å². The highest BCUT2D eigenvalue weighted by molar-refractivity contribution is 5.98. The summed E-state index contributed by atoms with van der Waals surface area (Å²) < 4.78 is 39.4. The number of amides is 1. The van der Waals surface area contributed by atoms with E-state index in [1.165, 1.54) is 6.07 Å². The first kappa shape index (κ1) is 21.2. The van der Waals surface area contributed by atoms with Gasteiger partial charge in [-0.15, -0.1) is 0 Å². The maximum Gasteiger partial charge on any atom is 0.416 e. The van der Waals surface area contributed by atoms with Gasteiger partial charge in [0.05, 0.1) is 11.3 Å². The van der Waals surface area contributed by atoms with Crippen molar-refractivity contribution in [1.82, 2.24) is 14.9 Å². The van der Waals surface area contributed by atoms with Crippen LogP contribution in [-0.4, -0.2) is 33.9 Å². The van der Waals surface area contributed by atoms with E-state index in [1.807, 2.05) is 47.5 Å². The minimum Gasteiger partial charge on any atom is -0.361 e. The molecule has 1 saturated heterocycles. The summed E-state index contributed by atoms with van der Waals surface area (Å²) in [5.41, 5.74) is 2.66. The van der Waals surface area contributed by atoms with Crippen LogP contribution < -0.4 is 0 Å². The quantitative estimate of drug-likeness (QED) is 0.401. The van der Waals surface area contributed by atoms with Gasteiger partial charge in [-0.3, -0.25) is 9.78 Å². The maximum atomic E-state index is 13.2. The van der Waals surface area contributed by atoms with E-state index in [4.69, 9.17) is 0 Å². The number of piperidine rings is 1. The third kappa shape index (κ3) is 4.35. The lowest BCUT2D eigenvalue weighted by Crippen LogP contribution is -2.39. The molecule has 1 amide bonds. The average Bonchev–Trinajstić information content (AvgIpc) is 3.31. The predicted molar refractivity (Wildman–Crippen MR) is 121 cm³/mol. The van der Waals surface area contributed by atoms with Crippen LogP contribution in [0.25, 0.3) is 22.2 Å². The maximum absolute atomic E-state index is 13.2. The Hall–Kier alpha value is -3.61. The second-order valence-electron chi connectivity index (χ2n) is 8.40. The number of hydrogen-bond acceptors (Lipinski definition) is 2. The number of H-pyrrole nitrogens is 1. The molecule has 1 unspecified atom stereocenters. The first-order valence-electron chi connectivity index (χ1n) is 10.9. The summed E-state index contributed by atoms with van der Waals surface area (Å²) in [6.45, 7) is 1.21. The number of aromatic amines is 1. The number of likely N-dealkylation sites (tertiary alicyclic amines) is 1. The van der Waals surface area contributed by atoms with Crippen molar-refractivity contribution in [3.05, 3.63) is 89.7 Å². The predicted octanol–water partition coefficient (Wildman–Crippen LogP) is 6.27. The van der Waals surface area contributed by atoms with Crippen molar-refractivity contribution in [3.63, 3.8) is 0 Å². The number of nitrogens with zero attached hydrogens (tertiary/aromatic N) is 2. The van der Waals surface area contributed by atoms with Gasteiger partial charge >= 0.3 is 6.18 Å². The first-order valence-corrected chi connectivity index (χ1v) is 10.9. The molecule has 1 N–H and O–H groups in total. The van der Waals surface area contributed by atoms with Crippen molar-refractivity contribution in [1.29, 1.82) is 0 Å². The average molecular weight is 449 g/mol. The lowest BCUT2D eigenvalue weighted by molar-refractivity contribution is -0.137. The molecule has 168 valence electrons. The molecule has 0 spiro atoms. The van der Waals surface area contributed by atoms with Gasteiger partial charge in [-0.1, -0.05) is 18.2 Å². The summed E-state index contributed by atoms with van der Waals surface area (Å²) in [5, 5.41) is 0.991. The summed E-state index contributed by atoms with van der Waals surface area (Å²) >= 11 is 0. The van der Waals surface area contributed by atoms with Crippen LogP contribution in [0.2, 0.25) is 0 Å². The molecule has 1 aliphatic rings. The van der Waals surface area contributed by atoms with E-state index < -0.39 is 11.7 Å². The molecule has 3 heterocycles. The number of hydrogen-bond donors (Lipinski definition) is 1. The van der Waals surface area contributed by atoms with Gasteiger partial charge in [0.15, 0.2) is 0 Å². The van der Waals surface area contributed by atoms with E-state index >= 15 is 0 Å². The Labute approximate surface area is 189 Å². The number of alkyl halides is 3. The first-order chi connectivity index (χ1) is 15.9. The van der Waals surface area contributed by atoms with Crippen LogP contribution in [-0.2, 0) is 6.18 Å². The Kier molecular flexibility index (Phi) is 5.40. The molecule has 7 heteroatoms. The summed E-state index contributed by atoms with van der Waals surface area (Å²) in [7, 11) is 0. The highest BCUT2D eigenvalue weighted by Gasteiger charge is 2.31. The third-order valence-electron chi connectivity index (χ3n) is 6.18. The minimum absolute atomic E-state index is 0.0168. The number of rotatable bonds is 3. The van der Waals surface area contributed by atoms with Gasteiger partial charge in [-0.05, 0) is 61.4 Å². The minimum atomic E-state index is -4.40. The van der Waals surface area contributed by atoms with Crippen LogP contribution in [0.5, 0.6) is 0 Å². The van der Waals surface area contributed by atoms with Gasteiger partial charge < -0.3 is 9.88 Å². The molecule has 0 radical (unpaired) electrons. The van der Waals surface area contributed by atoms with Crippen molar-refractivity contribution >= 4 is 16.8 Å². The van der Waals surface area contributed by atoms with Crippen LogP contribution in [0.15, 0.2) is 72.9 Å². The van der Waals surface area contributed by atoms with Gasteiger partial charge in [0.25, 0.3) is 5.91 Å². The van der Waals surface area contributed by atoms with Gasteiger partial charge in [0, 0.05) is 52.9 Å². The Bertz CT molecular complexity index is 1310. The molecular weight excluding hydrogens is 427 g/mol. The van der Waals surface area contributed by atoms with Gasteiger partial charge in [0.1, 0.15) is 0 Å². The van der Waals surface area contributed by atoms with Gasteiger partial charge in [-0.2, -0.15) is 13.2 Å². The second kappa shape index (κ2) is 8.39. The zero-order valence-corrected chi connectivity index (χ0v) is 17.8. The number of nitrogens with one attached hydrogen (secondary N) is 1. The van der Waals surface area contributed by atoms with E-state index in [-0.39, 0.29) is 11.8 Å². The van der Waals surface area contributed by atoms with Crippen LogP contribution in [0.3, 0.4) is 0 Å². The molecule has 4 aromatic rings. The van der Waals surface area contributed by atoms with E-state index in [2.05, 4.69) is 9.97 Å². The molecule has 0 saturated carbocycles. The zero-order valence-electron chi connectivity index (χ0n) is 17.8. The number of carbonyl (C=O) groups excluding carboxylic acids is 1. The fraction of sp³-hybridized carbons (Fsp3) is 0.231. The Morgan fingerprint density at radius 1 is 1.03 bits per heavy atom. The summed E-state index contributed by atoms with van der Waals surface area (Å²) in [6.07, 6.45) is -0.835. The number of carbonyl (C=O) groups is 1. The number of pyridine rings is 1. The van der Waals surface area contributed by atoms with E-state index in [1.54, 1.807) is 12.1 Å². The molecular formula is C26H22F3N3O. The van der Waals surface area contributed by atoms with Crippen molar-refractivity contribution in [3.8, 4) is 11.3 Å². The molecule has 4 nitrogen and oxygen atoms in total. The number of aromatic nitrogens is 2. The molecule has 2 aromatic heterocycles. The highest BCUT2D eigenvalue weighted by Crippen LogP contribution is 2.33. The molecule has 1 atom stereocenters. The largest absolute Gasteiger partial charge is 0.416 e. The Balaban J connectivity index is 1.37. The Morgan fingerprint density at radius 3 is 2.73 bits per heavy atom. The second-order valence-corrected chi connectivity index (χ2v) is 8.40. The SMILES string of the molecule is O=C(c1ccc2[nH]ccc2c1)N1CCCC(c2cccc(-c3cccc(C(F)(F)F)c3)n2)C1. The third-order valence-corrected chi connectivity index (χ3v) is 6.18. The lowest BCUT2D eigenvalue weighted by atomic mass is 9.93. The van der Waals surface area contributed by atoms with Crippen molar-refractivity contribution in [2.75, 3.05) is 13.1 Å². The smallest absolute Gasteiger partial charge is 0.361 e. The molecule has 1 fully saturated rings. The summed E-state index contributed by atoms with van der Waals surface area (Å²) in [6, 6.07) is 18.2. The number of benzene rings is 2. The fourth-order valence-electron chi connectivity index (χ4n) is 4.47. The molecule has 0 aliphatic carbocycles. The molecule has 2 aromatic carbocycles. The van der Waals surface area contributed by atoms with Gasteiger partial charge in [0.2, 0.25) is 0 Å². The normalized spacial score (nSPS) is 16.8. The zero-order chi connectivity index (χ0) is 23.0. The number of fused-ring (bicyclic) bond motifs is 1. The van der Waals surface area contributed by atoms with Crippen LogP contribution in [0.1, 0.15) is 40.4 Å². The summed E-state index contributed by atoms with van der Waals surface area (Å²) in [5.74, 6) is 0.0151. The summed E-state index contributed by atoms with van der Waals surface area (Å²) in [4.78, 5) is 22.8. The molecule has 0 bridgehead atoms.